The van der Waals surface area contributed by atoms with Gasteiger partial charge in [0.25, 0.3) is 0 Å². The lowest BCUT2D eigenvalue weighted by atomic mass is 10.1. The molecule has 0 unspecified atom stereocenters. The summed E-state index contributed by atoms with van der Waals surface area (Å²) in [6.07, 6.45) is 8.53. The minimum atomic E-state index is 0. The topological polar surface area (TPSA) is 52.6 Å². The Labute approximate surface area is 156 Å². The van der Waals surface area contributed by atoms with Gasteiger partial charge in [-0.2, -0.15) is 0 Å². The number of hydrogen-bond acceptors (Lipinski definition) is 3. The van der Waals surface area contributed by atoms with Crippen LogP contribution in [0.4, 0.5) is 5.82 Å². The molecule has 0 radical (unpaired) electrons. The molecule has 6 heteroatoms. The van der Waals surface area contributed by atoms with Crippen molar-refractivity contribution in [1.29, 1.82) is 0 Å². The van der Waals surface area contributed by atoms with Crippen molar-refractivity contribution >= 4 is 35.8 Å². The molecule has 1 aromatic heterocycles. The van der Waals surface area contributed by atoms with Gasteiger partial charge >= 0.3 is 0 Å². The highest BCUT2D eigenvalue weighted by Crippen LogP contribution is 2.27. The molecule has 1 aliphatic carbocycles. The Morgan fingerprint density at radius 3 is 2.74 bits per heavy atom. The third-order valence-electron chi connectivity index (χ3n) is 4.43. The zero-order valence-corrected chi connectivity index (χ0v) is 16.3. The lowest BCUT2D eigenvalue weighted by Crippen LogP contribution is -2.38. The highest BCUT2D eigenvalue weighted by Gasteiger charge is 2.21. The highest BCUT2D eigenvalue weighted by molar-refractivity contribution is 14.0. The molecule has 2 N–H and O–H groups in total. The van der Waals surface area contributed by atoms with Gasteiger partial charge in [-0.15, -0.1) is 24.0 Å². The summed E-state index contributed by atoms with van der Waals surface area (Å²) in [5, 5.41) is 6.78. The van der Waals surface area contributed by atoms with Gasteiger partial charge in [-0.25, -0.2) is 4.98 Å². The van der Waals surface area contributed by atoms with E-state index in [9.17, 15) is 0 Å². The Morgan fingerprint density at radius 2 is 2.04 bits per heavy atom. The lowest BCUT2D eigenvalue weighted by Gasteiger charge is -2.28. The van der Waals surface area contributed by atoms with Gasteiger partial charge in [0.1, 0.15) is 5.82 Å². The third kappa shape index (κ3) is 5.82. The van der Waals surface area contributed by atoms with Gasteiger partial charge < -0.3 is 15.5 Å². The fraction of sp³-hybridized carbons (Fsp3) is 0.647. The maximum Gasteiger partial charge on any atom is 0.191 e. The van der Waals surface area contributed by atoms with Gasteiger partial charge in [0.15, 0.2) is 5.96 Å². The summed E-state index contributed by atoms with van der Waals surface area (Å²) in [5.41, 5.74) is 1.25. The van der Waals surface area contributed by atoms with Crippen LogP contribution in [-0.2, 0) is 6.54 Å². The maximum absolute atomic E-state index is 4.53. The second kappa shape index (κ2) is 9.30. The van der Waals surface area contributed by atoms with Crippen LogP contribution in [0.1, 0.15) is 37.7 Å². The van der Waals surface area contributed by atoms with Crippen molar-refractivity contribution in [3.63, 3.8) is 0 Å². The molecule has 23 heavy (non-hydrogen) atoms. The van der Waals surface area contributed by atoms with E-state index in [-0.39, 0.29) is 24.0 Å². The molecule has 2 aliphatic rings. The number of hydrogen-bond donors (Lipinski definition) is 2. The number of anilines is 1. The fourth-order valence-electron chi connectivity index (χ4n) is 2.84. The van der Waals surface area contributed by atoms with E-state index >= 15 is 0 Å². The van der Waals surface area contributed by atoms with Crippen LogP contribution in [0.2, 0.25) is 0 Å². The van der Waals surface area contributed by atoms with Crippen LogP contribution in [0.25, 0.3) is 0 Å². The number of guanidine groups is 1. The van der Waals surface area contributed by atoms with E-state index in [0.29, 0.717) is 0 Å². The Bertz CT molecular complexity index is 509. The first-order chi connectivity index (χ1) is 10.8. The van der Waals surface area contributed by atoms with E-state index < -0.39 is 0 Å². The zero-order chi connectivity index (χ0) is 15.2. The molecule has 1 aromatic rings. The largest absolute Gasteiger partial charge is 0.357 e. The normalized spacial score (nSPS) is 18.3. The van der Waals surface area contributed by atoms with E-state index in [1.807, 2.05) is 13.2 Å². The van der Waals surface area contributed by atoms with Crippen LogP contribution >= 0.6 is 24.0 Å². The van der Waals surface area contributed by atoms with Crippen molar-refractivity contribution in [3.05, 3.63) is 23.9 Å². The van der Waals surface area contributed by atoms with Crippen molar-refractivity contribution in [1.82, 2.24) is 15.6 Å². The minimum absolute atomic E-state index is 0. The van der Waals surface area contributed by atoms with E-state index in [4.69, 9.17) is 0 Å². The van der Waals surface area contributed by atoms with Crippen LogP contribution in [-0.4, -0.2) is 37.6 Å². The SMILES string of the molecule is CN=C(NCc1ccnc(N2CCCCC2)c1)NCC1CC1.I. The van der Waals surface area contributed by atoms with Gasteiger partial charge in [-0.1, -0.05) is 0 Å². The van der Waals surface area contributed by atoms with E-state index in [1.165, 1.54) is 37.7 Å². The minimum Gasteiger partial charge on any atom is -0.357 e. The molecule has 1 saturated carbocycles. The van der Waals surface area contributed by atoms with Gasteiger partial charge in [-0.3, -0.25) is 4.99 Å². The van der Waals surface area contributed by atoms with Crippen LogP contribution in [0.3, 0.4) is 0 Å². The average molecular weight is 429 g/mol. The Balaban J connectivity index is 0.00000192. The third-order valence-corrected chi connectivity index (χ3v) is 4.43. The molecular formula is C17H28IN5. The van der Waals surface area contributed by atoms with Crippen molar-refractivity contribution in [2.75, 3.05) is 31.6 Å². The molecule has 5 nitrogen and oxygen atoms in total. The number of piperidine rings is 1. The molecule has 3 rings (SSSR count). The summed E-state index contributed by atoms with van der Waals surface area (Å²) in [7, 11) is 1.83. The molecule has 2 fully saturated rings. The standard InChI is InChI=1S/C17H27N5.HI/c1-18-17(20-12-14-5-6-14)21-13-15-7-8-19-16(11-15)22-9-3-2-4-10-22;/h7-8,11,14H,2-6,9-10,12-13H2,1H3,(H2,18,20,21);1H. The smallest absolute Gasteiger partial charge is 0.191 e. The molecule has 0 spiro atoms. The number of rotatable bonds is 5. The number of pyridine rings is 1. The average Bonchev–Trinajstić information content (AvgIpc) is 3.40. The first-order valence-electron chi connectivity index (χ1n) is 8.49. The Hall–Kier alpha value is -1.05. The zero-order valence-electron chi connectivity index (χ0n) is 13.9. The van der Waals surface area contributed by atoms with Crippen LogP contribution < -0.4 is 15.5 Å². The summed E-state index contributed by atoms with van der Waals surface area (Å²) in [6, 6.07) is 4.28. The molecule has 1 aliphatic heterocycles. The van der Waals surface area contributed by atoms with Crippen molar-refractivity contribution in [3.8, 4) is 0 Å². The van der Waals surface area contributed by atoms with Crippen molar-refractivity contribution < 1.29 is 0 Å². The highest BCUT2D eigenvalue weighted by atomic mass is 127. The number of nitrogens with one attached hydrogen (secondary N) is 2. The fourth-order valence-corrected chi connectivity index (χ4v) is 2.84. The number of halogens is 1. The molecule has 1 saturated heterocycles. The second-order valence-electron chi connectivity index (χ2n) is 6.32. The quantitative estimate of drug-likeness (QED) is 0.430. The summed E-state index contributed by atoms with van der Waals surface area (Å²) >= 11 is 0. The number of nitrogens with zero attached hydrogens (tertiary/aromatic N) is 3. The maximum atomic E-state index is 4.53. The first-order valence-corrected chi connectivity index (χ1v) is 8.49. The molecule has 0 amide bonds. The molecule has 2 heterocycles. The van der Waals surface area contributed by atoms with Gasteiger partial charge in [0.2, 0.25) is 0 Å². The Kier molecular flexibility index (Phi) is 7.39. The van der Waals surface area contributed by atoms with Crippen LogP contribution in [0.5, 0.6) is 0 Å². The van der Waals surface area contributed by atoms with E-state index in [0.717, 1.165) is 43.9 Å². The van der Waals surface area contributed by atoms with Gasteiger partial charge in [0, 0.05) is 39.4 Å². The number of aromatic nitrogens is 1. The predicted octanol–water partition coefficient (Wildman–Crippen LogP) is 2.76. The van der Waals surface area contributed by atoms with Gasteiger partial charge in [0.05, 0.1) is 0 Å². The van der Waals surface area contributed by atoms with Crippen molar-refractivity contribution in [2.45, 2.75) is 38.6 Å². The van der Waals surface area contributed by atoms with Crippen LogP contribution in [0, 0.1) is 5.92 Å². The molecular weight excluding hydrogens is 401 g/mol. The summed E-state index contributed by atoms with van der Waals surface area (Å²) in [4.78, 5) is 11.2. The van der Waals surface area contributed by atoms with Crippen molar-refractivity contribution in [2.24, 2.45) is 10.9 Å². The molecule has 128 valence electrons. The molecule has 0 bridgehead atoms. The first kappa shape index (κ1) is 18.3. The summed E-state index contributed by atoms with van der Waals surface area (Å²) < 4.78 is 0. The van der Waals surface area contributed by atoms with E-state index in [1.54, 1.807) is 0 Å². The monoisotopic (exact) mass is 429 g/mol. The predicted molar refractivity (Wildman–Crippen MR) is 107 cm³/mol. The van der Waals surface area contributed by atoms with Crippen LogP contribution in [0.15, 0.2) is 23.3 Å². The second-order valence-corrected chi connectivity index (χ2v) is 6.32. The molecule has 0 atom stereocenters. The van der Waals surface area contributed by atoms with E-state index in [2.05, 4.69) is 37.6 Å². The summed E-state index contributed by atoms with van der Waals surface area (Å²) in [6.45, 7) is 4.09. The number of aliphatic imine (C=N–C) groups is 1. The van der Waals surface area contributed by atoms with Gasteiger partial charge in [-0.05, 0) is 55.7 Å². The Morgan fingerprint density at radius 1 is 1.26 bits per heavy atom. The lowest BCUT2D eigenvalue weighted by molar-refractivity contribution is 0.573. The summed E-state index contributed by atoms with van der Waals surface area (Å²) in [5.74, 6) is 2.85. The molecule has 0 aromatic carbocycles.